The van der Waals surface area contributed by atoms with Crippen LogP contribution in [0.25, 0.3) is 11.1 Å². The van der Waals surface area contributed by atoms with E-state index in [0.717, 1.165) is 24.8 Å². The zero-order valence-electron chi connectivity index (χ0n) is 19.7. The summed E-state index contributed by atoms with van der Waals surface area (Å²) in [6, 6.07) is 21.5. The van der Waals surface area contributed by atoms with Crippen molar-refractivity contribution in [2.45, 2.75) is 43.7 Å². The molecule has 2 atom stereocenters. The summed E-state index contributed by atoms with van der Waals surface area (Å²) in [5, 5.41) is 0. The van der Waals surface area contributed by atoms with E-state index >= 15 is 0 Å². The molecule has 0 radical (unpaired) electrons. The Balaban J connectivity index is 1.17. The second kappa shape index (κ2) is 8.88. The molecule has 3 aliphatic rings. The van der Waals surface area contributed by atoms with Gasteiger partial charge in [0.15, 0.2) is 0 Å². The van der Waals surface area contributed by atoms with Gasteiger partial charge >= 0.3 is 6.09 Å². The highest BCUT2D eigenvalue weighted by molar-refractivity contribution is 5.79. The van der Waals surface area contributed by atoms with E-state index < -0.39 is 0 Å². The molecule has 2 bridgehead atoms. The quantitative estimate of drug-likeness (QED) is 0.401. The van der Waals surface area contributed by atoms with Gasteiger partial charge in [-0.05, 0) is 66.1 Å². The van der Waals surface area contributed by atoms with Crippen molar-refractivity contribution in [3.8, 4) is 16.9 Å². The fraction of sp³-hybridized carbons (Fsp3) is 0.300. The minimum absolute atomic E-state index is 0.0268. The number of methoxy groups -OCH3 is 1. The first-order valence-corrected chi connectivity index (χ1v) is 12.3. The summed E-state index contributed by atoms with van der Waals surface area (Å²) >= 11 is 0. The highest BCUT2D eigenvalue weighted by atomic mass is 19.1. The summed E-state index contributed by atoms with van der Waals surface area (Å²) in [5.41, 5.74) is 6.95. The van der Waals surface area contributed by atoms with Crippen molar-refractivity contribution < 1.29 is 18.7 Å². The summed E-state index contributed by atoms with van der Waals surface area (Å²) < 4.78 is 25.2. The Bertz CT molecular complexity index is 1270. The smallest absolute Gasteiger partial charge is 0.410 e. The Hall–Kier alpha value is -3.60. The van der Waals surface area contributed by atoms with Crippen molar-refractivity contribution in [3.63, 3.8) is 0 Å². The van der Waals surface area contributed by atoms with E-state index in [9.17, 15) is 9.18 Å². The summed E-state index contributed by atoms with van der Waals surface area (Å²) in [5.74, 6) is 0.486. The second-order valence-corrected chi connectivity index (χ2v) is 9.67. The minimum Gasteiger partial charge on any atom is -0.496 e. The average molecular weight is 470 g/mol. The number of amides is 1. The van der Waals surface area contributed by atoms with Crippen LogP contribution < -0.4 is 4.74 Å². The van der Waals surface area contributed by atoms with Crippen LogP contribution >= 0.6 is 0 Å². The molecule has 0 spiro atoms. The fourth-order valence-corrected chi connectivity index (χ4v) is 6.13. The molecule has 2 unspecified atom stereocenters. The van der Waals surface area contributed by atoms with Crippen LogP contribution in [0.2, 0.25) is 0 Å². The van der Waals surface area contributed by atoms with E-state index in [1.54, 1.807) is 19.2 Å². The van der Waals surface area contributed by atoms with E-state index in [0.29, 0.717) is 18.8 Å². The molecule has 5 heteroatoms. The predicted octanol–water partition coefficient (Wildman–Crippen LogP) is 6.49. The maximum absolute atomic E-state index is 13.8. The molecule has 3 aromatic rings. The Morgan fingerprint density at radius 3 is 2.40 bits per heavy atom. The summed E-state index contributed by atoms with van der Waals surface area (Å²) in [7, 11) is 1.61. The van der Waals surface area contributed by atoms with Gasteiger partial charge in [0.2, 0.25) is 0 Å². The first-order valence-electron chi connectivity index (χ1n) is 12.3. The van der Waals surface area contributed by atoms with Crippen LogP contribution in [-0.4, -0.2) is 36.8 Å². The van der Waals surface area contributed by atoms with E-state index in [1.165, 1.54) is 33.9 Å². The number of hydrogen-bond acceptors (Lipinski definition) is 3. The van der Waals surface area contributed by atoms with E-state index in [1.807, 2.05) is 17.0 Å². The lowest BCUT2D eigenvalue weighted by Gasteiger charge is -2.33. The van der Waals surface area contributed by atoms with Gasteiger partial charge in [0.25, 0.3) is 0 Å². The first-order chi connectivity index (χ1) is 17.1. The summed E-state index contributed by atoms with van der Waals surface area (Å²) in [4.78, 5) is 15.2. The number of halogens is 1. The number of hydrogen-bond donors (Lipinski definition) is 0. The third-order valence-electron chi connectivity index (χ3n) is 7.68. The molecule has 0 saturated carbocycles. The number of nitrogens with zero attached hydrogens (tertiary/aromatic N) is 1. The van der Waals surface area contributed by atoms with Crippen molar-refractivity contribution in [3.05, 3.63) is 101 Å². The average Bonchev–Trinajstić information content (AvgIpc) is 3.34. The molecule has 2 heterocycles. The standard InChI is InChI=1S/C30H28FNO3/c1-34-29-13-10-21(31)17-20(29)14-19-15-22-11-12-23(16-19)32(22)30(33)35-18-28-26-8-4-2-6-24(26)25-7-3-5-9-27(25)28/h2-10,13,15,17,22-23,28H,11-12,14,16,18H2,1H3. The van der Waals surface area contributed by atoms with Gasteiger partial charge in [0, 0.05) is 17.5 Å². The zero-order chi connectivity index (χ0) is 23.9. The van der Waals surface area contributed by atoms with Crippen LogP contribution in [0.3, 0.4) is 0 Å². The third-order valence-corrected chi connectivity index (χ3v) is 7.68. The molecule has 1 amide bonds. The molecule has 3 aromatic carbocycles. The normalized spacial score (nSPS) is 20.3. The van der Waals surface area contributed by atoms with Gasteiger partial charge in [-0.15, -0.1) is 0 Å². The van der Waals surface area contributed by atoms with Crippen molar-refractivity contribution in [2.75, 3.05) is 13.7 Å². The SMILES string of the molecule is COc1ccc(F)cc1CC1=CC2CCC(C1)N2C(=O)OCC1c2ccccc2-c2ccccc21. The molecule has 1 fully saturated rings. The Labute approximate surface area is 205 Å². The number of fused-ring (bicyclic) bond motifs is 5. The molecule has 1 saturated heterocycles. The monoisotopic (exact) mass is 469 g/mol. The number of ether oxygens (including phenoxy) is 2. The van der Waals surface area contributed by atoms with Gasteiger partial charge in [-0.25, -0.2) is 9.18 Å². The van der Waals surface area contributed by atoms with Gasteiger partial charge in [-0.2, -0.15) is 0 Å². The number of carbonyl (C=O) groups excluding carboxylic acids is 1. The molecule has 4 nitrogen and oxygen atoms in total. The molecular formula is C30H28FNO3. The van der Waals surface area contributed by atoms with Gasteiger partial charge in [-0.1, -0.05) is 60.2 Å². The Morgan fingerprint density at radius 1 is 1.00 bits per heavy atom. The lowest BCUT2D eigenvalue weighted by molar-refractivity contribution is 0.0849. The minimum atomic E-state index is -0.263. The molecular weight excluding hydrogens is 441 g/mol. The predicted molar refractivity (Wildman–Crippen MR) is 133 cm³/mol. The lowest BCUT2D eigenvalue weighted by Crippen LogP contribution is -2.44. The lowest BCUT2D eigenvalue weighted by atomic mass is 9.95. The maximum Gasteiger partial charge on any atom is 0.410 e. The van der Waals surface area contributed by atoms with E-state index in [-0.39, 0.29) is 29.9 Å². The largest absolute Gasteiger partial charge is 0.496 e. The Kier molecular flexibility index (Phi) is 5.56. The zero-order valence-corrected chi connectivity index (χ0v) is 19.7. The fourth-order valence-electron chi connectivity index (χ4n) is 6.13. The van der Waals surface area contributed by atoms with Crippen LogP contribution in [0.1, 0.15) is 41.9 Å². The van der Waals surface area contributed by atoms with Crippen molar-refractivity contribution in [2.24, 2.45) is 0 Å². The van der Waals surface area contributed by atoms with Gasteiger partial charge < -0.3 is 9.47 Å². The van der Waals surface area contributed by atoms with Gasteiger partial charge in [0.1, 0.15) is 18.2 Å². The first kappa shape index (κ1) is 21.9. The third kappa shape index (κ3) is 3.89. The Morgan fingerprint density at radius 2 is 1.71 bits per heavy atom. The highest BCUT2D eigenvalue weighted by Crippen LogP contribution is 2.45. The van der Waals surface area contributed by atoms with Crippen molar-refractivity contribution >= 4 is 6.09 Å². The van der Waals surface area contributed by atoms with E-state index in [2.05, 4.69) is 42.5 Å². The van der Waals surface area contributed by atoms with E-state index in [4.69, 9.17) is 9.47 Å². The number of rotatable bonds is 5. The molecule has 178 valence electrons. The molecule has 0 N–H and O–H groups in total. The van der Waals surface area contributed by atoms with Crippen LogP contribution in [0, 0.1) is 5.82 Å². The van der Waals surface area contributed by atoms with Gasteiger partial charge in [0.05, 0.1) is 13.2 Å². The van der Waals surface area contributed by atoms with Crippen LogP contribution in [-0.2, 0) is 11.2 Å². The maximum atomic E-state index is 13.8. The van der Waals surface area contributed by atoms with Crippen molar-refractivity contribution in [1.82, 2.24) is 4.90 Å². The van der Waals surface area contributed by atoms with Gasteiger partial charge in [-0.3, -0.25) is 4.90 Å². The molecule has 0 aromatic heterocycles. The highest BCUT2D eigenvalue weighted by Gasteiger charge is 2.41. The molecule has 35 heavy (non-hydrogen) atoms. The molecule has 1 aliphatic carbocycles. The second-order valence-electron chi connectivity index (χ2n) is 9.67. The van der Waals surface area contributed by atoms with Crippen molar-refractivity contribution in [1.29, 1.82) is 0 Å². The van der Waals surface area contributed by atoms with Crippen LogP contribution in [0.4, 0.5) is 9.18 Å². The van der Waals surface area contributed by atoms with Crippen LogP contribution in [0.5, 0.6) is 5.75 Å². The van der Waals surface area contributed by atoms with Crippen LogP contribution in [0.15, 0.2) is 78.4 Å². The molecule has 2 aliphatic heterocycles. The topological polar surface area (TPSA) is 38.8 Å². The number of benzene rings is 3. The number of carbonyl (C=O) groups is 1. The summed E-state index contributed by atoms with van der Waals surface area (Å²) in [6.07, 6.45) is 5.23. The molecule has 6 rings (SSSR count). The summed E-state index contributed by atoms with van der Waals surface area (Å²) in [6.45, 7) is 0.333.